The number of nitrogens with zero attached hydrogens (tertiary/aromatic N) is 1. The number of hydrogen-bond donors (Lipinski definition) is 1. The van der Waals surface area contributed by atoms with Crippen LogP contribution in [0.25, 0.3) is 0 Å². The van der Waals surface area contributed by atoms with Gasteiger partial charge in [-0.3, -0.25) is 9.69 Å². The van der Waals surface area contributed by atoms with E-state index in [4.69, 9.17) is 4.74 Å². The van der Waals surface area contributed by atoms with Gasteiger partial charge in [0.25, 0.3) is 0 Å². The molecule has 2 atom stereocenters. The van der Waals surface area contributed by atoms with Gasteiger partial charge in [-0.1, -0.05) is 30.3 Å². The molecule has 0 amide bonds. The highest BCUT2D eigenvalue weighted by atomic mass is 16.5. The number of carbonyl (C=O) groups is 1. The first-order chi connectivity index (χ1) is 9.70. The van der Waals surface area contributed by atoms with Crippen LogP contribution >= 0.6 is 0 Å². The number of piperidine rings is 1. The average molecular weight is 277 g/mol. The molecule has 0 spiro atoms. The third-order valence-electron chi connectivity index (χ3n) is 3.81. The van der Waals surface area contributed by atoms with Crippen molar-refractivity contribution in [1.29, 1.82) is 0 Å². The second kappa shape index (κ2) is 7.41. The van der Waals surface area contributed by atoms with Gasteiger partial charge in [0, 0.05) is 19.2 Å². The van der Waals surface area contributed by atoms with E-state index in [-0.39, 0.29) is 18.6 Å². The van der Waals surface area contributed by atoms with E-state index in [1.54, 1.807) is 0 Å². The maximum atomic E-state index is 11.2. The first-order valence-electron chi connectivity index (χ1n) is 7.33. The molecule has 1 aromatic rings. The van der Waals surface area contributed by atoms with Crippen LogP contribution in [-0.4, -0.2) is 41.8 Å². The van der Waals surface area contributed by atoms with E-state index >= 15 is 0 Å². The fourth-order valence-corrected chi connectivity index (χ4v) is 2.92. The molecule has 1 heterocycles. The van der Waals surface area contributed by atoms with Crippen molar-refractivity contribution in [3.8, 4) is 0 Å². The minimum Gasteiger partial charge on any atom is -0.481 e. The van der Waals surface area contributed by atoms with Gasteiger partial charge in [-0.15, -0.1) is 0 Å². The molecule has 2 rings (SSSR count). The SMILES string of the molecule is CCOC1CCCN(C(CC(=O)O)c2ccccc2)C1. The molecule has 1 aliphatic heterocycles. The van der Waals surface area contributed by atoms with E-state index in [0.29, 0.717) is 6.61 Å². The molecule has 1 aromatic carbocycles. The zero-order valence-electron chi connectivity index (χ0n) is 12.0. The number of rotatable bonds is 6. The predicted molar refractivity (Wildman–Crippen MR) is 77.7 cm³/mol. The summed E-state index contributed by atoms with van der Waals surface area (Å²) in [5, 5.41) is 9.19. The second-order valence-electron chi connectivity index (χ2n) is 5.24. The van der Waals surface area contributed by atoms with Crippen LogP contribution in [-0.2, 0) is 9.53 Å². The van der Waals surface area contributed by atoms with Gasteiger partial charge in [-0.25, -0.2) is 0 Å². The number of aliphatic carboxylic acids is 1. The monoisotopic (exact) mass is 277 g/mol. The summed E-state index contributed by atoms with van der Waals surface area (Å²) in [4.78, 5) is 13.4. The molecule has 1 saturated heterocycles. The fourth-order valence-electron chi connectivity index (χ4n) is 2.92. The Morgan fingerprint density at radius 3 is 2.85 bits per heavy atom. The Morgan fingerprint density at radius 2 is 2.20 bits per heavy atom. The van der Waals surface area contributed by atoms with Crippen LogP contribution in [0.15, 0.2) is 30.3 Å². The smallest absolute Gasteiger partial charge is 0.305 e. The van der Waals surface area contributed by atoms with E-state index in [2.05, 4.69) is 4.90 Å². The molecule has 0 bridgehead atoms. The summed E-state index contributed by atoms with van der Waals surface area (Å²) in [6.07, 6.45) is 2.50. The number of carboxylic acids is 1. The van der Waals surface area contributed by atoms with Crippen molar-refractivity contribution in [2.24, 2.45) is 0 Å². The van der Waals surface area contributed by atoms with Crippen molar-refractivity contribution < 1.29 is 14.6 Å². The lowest BCUT2D eigenvalue weighted by molar-refractivity contribution is -0.139. The minimum atomic E-state index is -0.752. The maximum Gasteiger partial charge on any atom is 0.305 e. The molecule has 20 heavy (non-hydrogen) atoms. The maximum absolute atomic E-state index is 11.2. The fraction of sp³-hybridized carbons (Fsp3) is 0.562. The molecule has 0 aliphatic carbocycles. The Labute approximate surface area is 120 Å². The number of benzene rings is 1. The van der Waals surface area contributed by atoms with Crippen LogP contribution in [0.4, 0.5) is 0 Å². The molecule has 4 heteroatoms. The highest BCUT2D eigenvalue weighted by Crippen LogP contribution is 2.28. The molecule has 0 aromatic heterocycles. The lowest BCUT2D eigenvalue weighted by atomic mass is 9.98. The van der Waals surface area contributed by atoms with Gasteiger partial charge >= 0.3 is 5.97 Å². The Morgan fingerprint density at radius 1 is 1.45 bits per heavy atom. The van der Waals surface area contributed by atoms with Gasteiger partial charge in [0.05, 0.1) is 12.5 Å². The Hall–Kier alpha value is -1.39. The van der Waals surface area contributed by atoms with Crippen LogP contribution in [0.1, 0.15) is 37.8 Å². The van der Waals surface area contributed by atoms with Crippen LogP contribution < -0.4 is 0 Å². The van der Waals surface area contributed by atoms with Gasteiger partial charge in [0.2, 0.25) is 0 Å². The molecular formula is C16H23NO3. The van der Waals surface area contributed by atoms with Crippen LogP contribution in [0.2, 0.25) is 0 Å². The van der Waals surface area contributed by atoms with E-state index in [9.17, 15) is 9.90 Å². The molecule has 1 N–H and O–H groups in total. The van der Waals surface area contributed by atoms with Gasteiger partial charge in [0.1, 0.15) is 0 Å². The van der Waals surface area contributed by atoms with Gasteiger partial charge in [0.15, 0.2) is 0 Å². The van der Waals surface area contributed by atoms with Gasteiger partial charge in [-0.05, 0) is 31.9 Å². The zero-order chi connectivity index (χ0) is 14.4. The standard InChI is InChI=1S/C16H23NO3/c1-2-20-14-9-6-10-17(12-14)15(11-16(18)19)13-7-4-3-5-8-13/h3-5,7-8,14-15H,2,6,9-12H2,1H3,(H,18,19). The summed E-state index contributed by atoms with van der Waals surface area (Å²) < 4.78 is 5.71. The molecule has 0 saturated carbocycles. The number of likely N-dealkylation sites (tertiary alicyclic amines) is 1. The first-order valence-corrected chi connectivity index (χ1v) is 7.33. The lowest BCUT2D eigenvalue weighted by Crippen LogP contribution is -2.42. The predicted octanol–water partition coefficient (Wildman–Crippen LogP) is 2.70. The van der Waals surface area contributed by atoms with E-state index in [1.165, 1.54) is 0 Å². The number of hydrogen-bond acceptors (Lipinski definition) is 3. The second-order valence-corrected chi connectivity index (χ2v) is 5.24. The Bertz CT molecular complexity index is 419. The van der Waals surface area contributed by atoms with Crippen LogP contribution in [0.5, 0.6) is 0 Å². The summed E-state index contributed by atoms with van der Waals surface area (Å²) in [5.41, 5.74) is 1.08. The highest BCUT2D eigenvalue weighted by Gasteiger charge is 2.28. The van der Waals surface area contributed by atoms with Crippen molar-refractivity contribution in [2.75, 3.05) is 19.7 Å². The molecule has 0 radical (unpaired) electrons. The summed E-state index contributed by atoms with van der Waals surface area (Å²) in [5.74, 6) is -0.752. The minimum absolute atomic E-state index is 0.0584. The van der Waals surface area contributed by atoms with Crippen LogP contribution in [0, 0.1) is 0 Å². The van der Waals surface area contributed by atoms with E-state index in [1.807, 2.05) is 37.3 Å². The Kier molecular flexibility index (Phi) is 5.56. The van der Waals surface area contributed by atoms with Crippen molar-refractivity contribution in [3.05, 3.63) is 35.9 Å². The van der Waals surface area contributed by atoms with Gasteiger partial charge < -0.3 is 9.84 Å². The van der Waals surface area contributed by atoms with Crippen LogP contribution in [0.3, 0.4) is 0 Å². The molecule has 4 nitrogen and oxygen atoms in total. The molecular weight excluding hydrogens is 254 g/mol. The van der Waals surface area contributed by atoms with Crippen molar-refractivity contribution in [1.82, 2.24) is 4.90 Å². The van der Waals surface area contributed by atoms with Crippen molar-refractivity contribution in [3.63, 3.8) is 0 Å². The number of carboxylic acid groups (broad SMARTS) is 1. The summed E-state index contributed by atoms with van der Waals surface area (Å²) in [7, 11) is 0. The summed E-state index contributed by atoms with van der Waals surface area (Å²) in [6, 6.07) is 9.86. The quantitative estimate of drug-likeness (QED) is 0.868. The third kappa shape index (κ3) is 4.05. The summed E-state index contributed by atoms with van der Waals surface area (Å²) >= 11 is 0. The topological polar surface area (TPSA) is 49.8 Å². The van der Waals surface area contributed by atoms with Crippen molar-refractivity contribution in [2.45, 2.75) is 38.3 Å². The average Bonchev–Trinajstić information content (AvgIpc) is 2.46. The molecule has 1 aliphatic rings. The number of ether oxygens (including phenoxy) is 1. The lowest BCUT2D eigenvalue weighted by Gasteiger charge is -2.37. The van der Waals surface area contributed by atoms with Gasteiger partial charge in [-0.2, -0.15) is 0 Å². The molecule has 110 valence electrons. The van der Waals surface area contributed by atoms with Crippen molar-refractivity contribution >= 4 is 5.97 Å². The molecule has 1 fully saturated rings. The zero-order valence-corrected chi connectivity index (χ0v) is 12.0. The first kappa shape index (κ1) is 15.0. The Balaban J connectivity index is 2.12. The highest BCUT2D eigenvalue weighted by molar-refractivity contribution is 5.68. The normalized spacial score (nSPS) is 21.6. The van der Waals surface area contributed by atoms with E-state index < -0.39 is 5.97 Å². The molecule has 2 unspecified atom stereocenters. The largest absolute Gasteiger partial charge is 0.481 e. The summed E-state index contributed by atoms with van der Waals surface area (Å²) in [6.45, 7) is 4.48. The third-order valence-corrected chi connectivity index (χ3v) is 3.81. The van der Waals surface area contributed by atoms with E-state index in [0.717, 1.165) is 31.5 Å².